The number of nitriles is 2. The Morgan fingerprint density at radius 3 is 2.59 bits per heavy atom. The van der Waals surface area contributed by atoms with Crippen molar-refractivity contribution in [3.63, 3.8) is 0 Å². The van der Waals surface area contributed by atoms with Gasteiger partial charge >= 0.3 is 0 Å². The number of anilines is 3. The lowest BCUT2D eigenvalue weighted by atomic mass is 10.0. The maximum absolute atomic E-state index is 14.8. The first kappa shape index (κ1) is 26.5. The van der Waals surface area contributed by atoms with E-state index in [2.05, 4.69) is 32.0 Å². The van der Waals surface area contributed by atoms with Gasteiger partial charge in [-0.15, -0.1) is 5.10 Å². The van der Waals surface area contributed by atoms with Crippen molar-refractivity contribution in [1.29, 1.82) is 10.5 Å². The molecule has 0 bridgehead atoms. The lowest BCUT2D eigenvalue weighted by molar-refractivity contribution is 0.591. The van der Waals surface area contributed by atoms with Crippen LogP contribution in [0.25, 0.3) is 10.9 Å². The number of rotatable bonds is 7. The summed E-state index contributed by atoms with van der Waals surface area (Å²) in [6.45, 7) is 0. The van der Waals surface area contributed by atoms with Crippen molar-refractivity contribution < 1.29 is 8.78 Å². The largest absolute Gasteiger partial charge is 0.373 e. The van der Waals surface area contributed by atoms with Crippen LogP contribution in [-0.4, -0.2) is 20.0 Å². The number of hydrogen-bond acceptors (Lipinski definition) is 7. The summed E-state index contributed by atoms with van der Waals surface area (Å²) in [5, 5.41) is 34.4. The Balaban J connectivity index is 1.47. The maximum Gasteiger partial charge on any atom is 0.168 e. The average molecular weight is 587 g/mol. The molecule has 1 aliphatic rings. The van der Waals surface area contributed by atoms with Gasteiger partial charge in [0.2, 0.25) is 0 Å². The first-order valence-corrected chi connectivity index (χ1v) is 13.2. The zero-order chi connectivity index (χ0) is 28.7. The number of halogens is 4. The van der Waals surface area contributed by atoms with E-state index in [0.717, 1.165) is 30.5 Å². The van der Waals surface area contributed by atoms with Crippen LogP contribution in [0.2, 0.25) is 10.0 Å². The molecular weight excluding hydrogens is 569 g/mol. The summed E-state index contributed by atoms with van der Waals surface area (Å²) in [7, 11) is 0. The number of pyridine rings is 1. The molecule has 1 atom stereocenters. The van der Waals surface area contributed by atoms with Gasteiger partial charge in [0, 0.05) is 17.3 Å². The lowest BCUT2D eigenvalue weighted by Crippen LogP contribution is -2.13. The third-order valence-electron chi connectivity index (χ3n) is 6.74. The molecule has 3 aromatic carbocycles. The van der Waals surface area contributed by atoms with Crippen LogP contribution in [-0.2, 0) is 0 Å². The number of fused-ring (bicyclic) bond motifs is 1. The van der Waals surface area contributed by atoms with Crippen LogP contribution in [0, 0.1) is 34.3 Å². The van der Waals surface area contributed by atoms with Gasteiger partial charge in [0.15, 0.2) is 5.82 Å². The second kappa shape index (κ2) is 10.7. The highest BCUT2D eigenvalue weighted by Gasteiger charge is 2.27. The summed E-state index contributed by atoms with van der Waals surface area (Å²) in [4.78, 5) is 4.31. The van der Waals surface area contributed by atoms with Crippen molar-refractivity contribution in [2.75, 3.05) is 10.6 Å². The van der Waals surface area contributed by atoms with Crippen LogP contribution < -0.4 is 10.6 Å². The molecule has 5 aromatic rings. The number of aromatic nitrogens is 4. The summed E-state index contributed by atoms with van der Waals surface area (Å²) < 4.78 is 31.3. The van der Waals surface area contributed by atoms with E-state index in [-0.39, 0.29) is 21.3 Å². The molecule has 0 amide bonds. The molecule has 1 fully saturated rings. The lowest BCUT2D eigenvalue weighted by Gasteiger charge is -2.20. The first-order chi connectivity index (χ1) is 19.9. The molecule has 0 spiro atoms. The molecule has 1 unspecified atom stereocenters. The van der Waals surface area contributed by atoms with Gasteiger partial charge in [-0.05, 0) is 54.8 Å². The Kier molecular flexibility index (Phi) is 6.88. The SMILES string of the molecule is N#Cc1cccc(C(Nc2cc(Cl)c3ncc(C#N)c(Nc4c(F)ccc(Cl)c4F)c3c2)c2cn(C3CC3)nn2)c1. The Bertz CT molecular complexity index is 1910. The van der Waals surface area contributed by atoms with Crippen molar-refractivity contribution in [2.45, 2.75) is 24.9 Å². The van der Waals surface area contributed by atoms with E-state index in [0.29, 0.717) is 33.9 Å². The summed E-state index contributed by atoms with van der Waals surface area (Å²) in [5.74, 6) is -1.89. The Hall–Kier alpha value is -4.77. The minimum absolute atomic E-state index is 0.0372. The van der Waals surface area contributed by atoms with E-state index in [1.54, 1.807) is 30.3 Å². The minimum atomic E-state index is -1.00. The molecule has 0 radical (unpaired) electrons. The van der Waals surface area contributed by atoms with Gasteiger partial charge in [0.25, 0.3) is 0 Å². The second-order valence-electron chi connectivity index (χ2n) is 9.53. The zero-order valence-electron chi connectivity index (χ0n) is 21.0. The predicted molar refractivity (Wildman–Crippen MR) is 151 cm³/mol. The van der Waals surface area contributed by atoms with Gasteiger partial charge in [-0.1, -0.05) is 40.5 Å². The molecule has 202 valence electrons. The molecule has 0 aliphatic heterocycles. The quantitative estimate of drug-likeness (QED) is 0.190. The third-order valence-corrected chi connectivity index (χ3v) is 7.32. The molecule has 0 saturated heterocycles. The van der Waals surface area contributed by atoms with Gasteiger partial charge in [-0.25, -0.2) is 13.5 Å². The van der Waals surface area contributed by atoms with Crippen LogP contribution in [0.15, 0.2) is 60.9 Å². The van der Waals surface area contributed by atoms with E-state index in [4.69, 9.17) is 23.2 Å². The Morgan fingerprint density at radius 1 is 1.00 bits per heavy atom. The number of hydrogen-bond donors (Lipinski definition) is 2. The van der Waals surface area contributed by atoms with E-state index in [1.165, 1.54) is 6.20 Å². The van der Waals surface area contributed by atoms with Gasteiger partial charge < -0.3 is 10.6 Å². The van der Waals surface area contributed by atoms with Gasteiger partial charge in [-0.3, -0.25) is 4.98 Å². The predicted octanol–water partition coefficient (Wildman–Crippen LogP) is 7.43. The zero-order valence-corrected chi connectivity index (χ0v) is 22.5. The molecule has 2 heterocycles. The van der Waals surface area contributed by atoms with Crippen molar-refractivity contribution in [3.05, 3.63) is 105 Å². The fourth-order valence-electron chi connectivity index (χ4n) is 4.55. The molecule has 41 heavy (non-hydrogen) atoms. The standard InChI is InChI=1S/C29H18Cl2F2N8/c30-21-6-7-23(32)29(25(21)33)38-26-17(12-35)13-36-28-20(26)9-18(10-22(28)31)37-27(16-3-1-2-15(8-16)11-34)24-14-41(40-39-24)19-4-5-19/h1-3,6-10,13-14,19,27,37H,4-5H2,(H,36,38). The average Bonchev–Trinajstić information content (AvgIpc) is 3.72. The molecule has 12 heteroatoms. The Morgan fingerprint density at radius 2 is 1.83 bits per heavy atom. The van der Waals surface area contributed by atoms with Gasteiger partial charge in [0.1, 0.15) is 23.3 Å². The van der Waals surface area contributed by atoms with E-state index < -0.39 is 23.4 Å². The smallest absolute Gasteiger partial charge is 0.168 e. The van der Waals surface area contributed by atoms with Crippen LogP contribution >= 0.6 is 23.2 Å². The number of benzene rings is 3. The van der Waals surface area contributed by atoms with Crippen LogP contribution in [0.5, 0.6) is 0 Å². The summed E-state index contributed by atoms with van der Waals surface area (Å²) >= 11 is 12.5. The normalized spacial score (nSPS) is 13.4. The van der Waals surface area contributed by atoms with E-state index >= 15 is 0 Å². The number of nitrogens with zero attached hydrogens (tertiary/aromatic N) is 6. The van der Waals surface area contributed by atoms with Crippen molar-refractivity contribution in [3.8, 4) is 12.1 Å². The molecule has 2 N–H and O–H groups in total. The van der Waals surface area contributed by atoms with Crippen LogP contribution in [0.1, 0.15) is 47.3 Å². The van der Waals surface area contributed by atoms with Crippen molar-refractivity contribution in [2.24, 2.45) is 0 Å². The fourth-order valence-corrected chi connectivity index (χ4v) is 4.98. The van der Waals surface area contributed by atoms with E-state index in [1.807, 2.05) is 23.0 Å². The molecule has 6 rings (SSSR count). The topological polar surface area (TPSA) is 115 Å². The molecular formula is C29H18Cl2F2N8. The van der Waals surface area contributed by atoms with Gasteiger partial charge in [-0.2, -0.15) is 10.5 Å². The third kappa shape index (κ3) is 5.11. The maximum atomic E-state index is 14.8. The fraction of sp³-hybridized carbons (Fsp3) is 0.138. The van der Waals surface area contributed by atoms with Crippen molar-refractivity contribution in [1.82, 2.24) is 20.0 Å². The first-order valence-electron chi connectivity index (χ1n) is 12.5. The summed E-state index contributed by atoms with van der Waals surface area (Å²) in [5.41, 5.74) is 2.29. The highest BCUT2D eigenvalue weighted by Crippen LogP contribution is 2.39. The highest BCUT2D eigenvalue weighted by molar-refractivity contribution is 6.36. The molecule has 2 aromatic heterocycles. The number of nitrogens with one attached hydrogen (secondary N) is 2. The van der Waals surface area contributed by atoms with E-state index in [9.17, 15) is 19.3 Å². The van der Waals surface area contributed by atoms with Crippen molar-refractivity contribution >= 4 is 51.2 Å². The monoisotopic (exact) mass is 586 g/mol. The second-order valence-corrected chi connectivity index (χ2v) is 10.3. The van der Waals surface area contributed by atoms with Gasteiger partial charge in [0.05, 0.1) is 56.7 Å². The minimum Gasteiger partial charge on any atom is -0.373 e. The molecule has 1 aliphatic carbocycles. The highest BCUT2D eigenvalue weighted by atomic mass is 35.5. The summed E-state index contributed by atoms with van der Waals surface area (Å²) in [6.07, 6.45) is 5.20. The Labute approximate surface area is 242 Å². The molecule has 8 nitrogen and oxygen atoms in total. The molecule has 1 saturated carbocycles. The summed E-state index contributed by atoms with van der Waals surface area (Å²) in [6, 6.07) is 16.5. The van der Waals surface area contributed by atoms with Crippen LogP contribution in [0.3, 0.4) is 0 Å². The van der Waals surface area contributed by atoms with Crippen LogP contribution in [0.4, 0.5) is 25.8 Å².